The Balaban J connectivity index is 2.25. The second-order valence-corrected chi connectivity index (χ2v) is 3.65. The van der Waals surface area contributed by atoms with Crippen molar-refractivity contribution in [2.24, 2.45) is 0 Å². The van der Waals surface area contributed by atoms with Crippen molar-refractivity contribution in [3.8, 4) is 0 Å². The zero-order valence-corrected chi connectivity index (χ0v) is 8.96. The van der Waals surface area contributed by atoms with Crippen molar-refractivity contribution >= 4 is 11.6 Å². The minimum absolute atomic E-state index is 0.162. The number of fused-ring (bicyclic) bond motifs is 1. The monoisotopic (exact) mass is 222 g/mol. The number of anilines is 1. The normalized spacial score (nSPS) is 11.2. The topological polar surface area (TPSA) is 82.7 Å². The summed E-state index contributed by atoms with van der Waals surface area (Å²) in [5.41, 5.74) is 1.84. The van der Waals surface area contributed by atoms with Gasteiger partial charge in [0.25, 0.3) is 0 Å². The van der Waals surface area contributed by atoms with Gasteiger partial charge >= 0.3 is 0 Å². The van der Waals surface area contributed by atoms with Gasteiger partial charge in [0.2, 0.25) is 5.95 Å². The van der Waals surface area contributed by atoms with Gasteiger partial charge in [0.1, 0.15) is 0 Å². The third-order valence-electron chi connectivity index (χ3n) is 2.27. The number of pyridine rings is 1. The molecular formula is C10H14N4O2. The van der Waals surface area contributed by atoms with Gasteiger partial charge in [-0.3, -0.25) is 0 Å². The summed E-state index contributed by atoms with van der Waals surface area (Å²) in [5.74, 6) is 0.402. The molecule has 16 heavy (non-hydrogen) atoms. The van der Waals surface area contributed by atoms with E-state index in [0.717, 1.165) is 11.2 Å². The predicted octanol–water partition coefficient (Wildman–Crippen LogP) is -0.197. The largest absolute Gasteiger partial charge is 0.394 e. The molecule has 0 atom stereocenters. The van der Waals surface area contributed by atoms with E-state index in [0.29, 0.717) is 5.95 Å². The van der Waals surface area contributed by atoms with Crippen LogP contribution in [0.3, 0.4) is 0 Å². The second kappa shape index (κ2) is 4.46. The van der Waals surface area contributed by atoms with E-state index >= 15 is 0 Å². The molecule has 2 aromatic heterocycles. The minimum atomic E-state index is -0.432. The summed E-state index contributed by atoms with van der Waals surface area (Å²) < 4.78 is 1.64. The number of aryl methyl sites for hydroxylation is 1. The van der Waals surface area contributed by atoms with Crippen molar-refractivity contribution in [3.63, 3.8) is 0 Å². The Labute approximate surface area is 92.6 Å². The molecule has 0 aromatic carbocycles. The first-order chi connectivity index (χ1) is 7.72. The molecule has 2 aromatic rings. The highest BCUT2D eigenvalue weighted by molar-refractivity contribution is 5.45. The quantitative estimate of drug-likeness (QED) is 0.667. The zero-order valence-electron chi connectivity index (χ0n) is 8.96. The number of nitrogens with one attached hydrogen (secondary N) is 1. The van der Waals surface area contributed by atoms with Crippen molar-refractivity contribution in [3.05, 3.63) is 23.9 Å². The maximum atomic E-state index is 8.92. The van der Waals surface area contributed by atoms with Gasteiger partial charge < -0.3 is 15.5 Å². The predicted molar refractivity (Wildman–Crippen MR) is 59.3 cm³/mol. The highest BCUT2D eigenvalue weighted by Crippen LogP contribution is 2.08. The van der Waals surface area contributed by atoms with E-state index in [2.05, 4.69) is 15.4 Å². The molecule has 0 unspecified atom stereocenters. The first-order valence-corrected chi connectivity index (χ1v) is 5.04. The molecule has 0 spiro atoms. The van der Waals surface area contributed by atoms with Gasteiger partial charge in [-0.15, -0.1) is 5.10 Å². The van der Waals surface area contributed by atoms with Crippen LogP contribution in [-0.4, -0.2) is 44.1 Å². The van der Waals surface area contributed by atoms with Crippen LogP contribution in [0.2, 0.25) is 0 Å². The van der Waals surface area contributed by atoms with Crippen LogP contribution >= 0.6 is 0 Å². The van der Waals surface area contributed by atoms with Crippen LogP contribution in [-0.2, 0) is 0 Å². The summed E-state index contributed by atoms with van der Waals surface area (Å²) in [5, 5.41) is 24.8. The van der Waals surface area contributed by atoms with Crippen molar-refractivity contribution in [2.45, 2.75) is 13.0 Å². The SMILES string of the molecule is Cc1ccn2nc(NC(CO)CO)nc2c1. The molecule has 0 amide bonds. The molecule has 86 valence electrons. The molecule has 0 aliphatic rings. The summed E-state index contributed by atoms with van der Waals surface area (Å²) in [6.45, 7) is 1.65. The van der Waals surface area contributed by atoms with Gasteiger partial charge in [0, 0.05) is 6.20 Å². The molecule has 0 fully saturated rings. The molecule has 0 aliphatic carbocycles. The molecule has 6 nitrogen and oxygen atoms in total. The maximum absolute atomic E-state index is 8.92. The Hall–Kier alpha value is -1.66. The van der Waals surface area contributed by atoms with Crippen LogP contribution in [0.1, 0.15) is 5.56 Å². The lowest BCUT2D eigenvalue weighted by molar-refractivity contribution is 0.203. The van der Waals surface area contributed by atoms with Crippen LogP contribution in [0.5, 0.6) is 0 Å². The van der Waals surface area contributed by atoms with Gasteiger partial charge in [-0.05, 0) is 24.6 Å². The third kappa shape index (κ3) is 2.12. The van der Waals surface area contributed by atoms with Gasteiger partial charge in [-0.2, -0.15) is 4.98 Å². The van der Waals surface area contributed by atoms with Crippen molar-refractivity contribution < 1.29 is 10.2 Å². The van der Waals surface area contributed by atoms with Crippen LogP contribution in [0.4, 0.5) is 5.95 Å². The lowest BCUT2D eigenvalue weighted by Gasteiger charge is -2.10. The summed E-state index contributed by atoms with van der Waals surface area (Å²) in [4.78, 5) is 4.23. The summed E-state index contributed by atoms with van der Waals surface area (Å²) in [6.07, 6.45) is 1.82. The minimum Gasteiger partial charge on any atom is -0.394 e. The molecule has 3 N–H and O–H groups in total. The highest BCUT2D eigenvalue weighted by Gasteiger charge is 2.09. The fourth-order valence-corrected chi connectivity index (χ4v) is 1.38. The van der Waals surface area contributed by atoms with Crippen LogP contribution in [0.15, 0.2) is 18.3 Å². The summed E-state index contributed by atoms with van der Waals surface area (Å²) >= 11 is 0. The molecule has 6 heteroatoms. The number of rotatable bonds is 4. The third-order valence-corrected chi connectivity index (χ3v) is 2.27. The molecular weight excluding hydrogens is 208 g/mol. The van der Waals surface area contributed by atoms with Crippen LogP contribution in [0.25, 0.3) is 5.65 Å². The van der Waals surface area contributed by atoms with E-state index in [4.69, 9.17) is 10.2 Å². The smallest absolute Gasteiger partial charge is 0.243 e. The number of aromatic nitrogens is 3. The Morgan fingerprint density at radius 3 is 2.88 bits per heavy atom. The molecule has 0 bridgehead atoms. The second-order valence-electron chi connectivity index (χ2n) is 3.65. The van der Waals surface area contributed by atoms with Gasteiger partial charge in [0.05, 0.1) is 19.3 Å². The Bertz CT molecular complexity index is 479. The molecule has 0 aliphatic heterocycles. The van der Waals surface area contributed by atoms with Gasteiger partial charge in [-0.25, -0.2) is 4.52 Å². The number of aliphatic hydroxyl groups is 2. The molecule has 2 heterocycles. The number of hydrogen-bond acceptors (Lipinski definition) is 5. The van der Waals surface area contributed by atoms with E-state index in [1.54, 1.807) is 4.52 Å². The lowest BCUT2D eigenvalue weighted by Crippen LogP contribution is -2.28. The number of aliphatic hydroxyl groups excluding tert-OH is 2. The van der Waals surface area contributed by atoms with Crippen molar-refractivity contribution in [1.29, 1.82) is 0 Å². The van der Waals surface area contributed by atoms with E-state index < -0.39 is 6.04 Å². The molecule has 0 saturated carbocycles. The Kier molecular flexibility index (Phi) is 3.02. The number of nitrogens with zero attached hydrogens (tertiary/aromatic N) is 3. The van der Waals surface area contributed by atoms with Gasteiger partial charge in [-0.1, -0.05) is 0 Å². The van der Waals surface area contributed by atoms with E-state index in [1.165, 1.54) is 0 Å². The molecule has 0 saturated heterocycles. The summed E-state index contributed by atoms with van der Waals surface area (Å²) in [7, 11) is 0. The molecule has 2 rings (SSSR count). The average molecular weight is 222 g/mol. The van der Waals surface area contributed by atoms with E-state index in [1.807, 2.05) is 25.3 Å². The van der Waals surface area contributed by atoms with Gasteiger partial charge in [0.15, 0.2) is 5.65 Å². The number of hydrogen-bond donors (Lipinski definition) is 3. The van der Waals surface area contributed by atoms with E-state index in [-0.39, 0.29) is 13.2 Å². The first-order valence-electron chi connectivity index (χ1n) is 5.04. The van der Waals surface area contributed by atoms with Crippen molar-refractivity contribution in [2.75, 3.05) is 18.5 Å². The zero-order chi connectivity index (χ0) is 11.5. The van der Waals surface area contributed by atoms with E-state index in [9.17, 15) is 0 Å². The maximum Gasteiger partial charge on any atom is 0.243 e. The Morgan fingerprint density at radius 1 is 1.44 bits per heavy atom. The average Bonchev–Trinajstić information content (AvgIpc) is 2.67. The van der Waals surface area contributed by atoms with Crippen LogP contribution in [0, 0.1) is 6.92 Å². The lowest BCUT2D eigenvalue weighted by atomic mass is 10.3. The Morgan fingerprint density at radius 2 is 2.19 bits per heavy atom. The fourth-order valence-electron chi connectivity index (χ4n) is 1.38. The standard InChI is InChI=1S/C10H14N4O2/c1-7-2-3-14-9(4-7)12-10(13-14)11-8(5-15)6-16/h2-4,8,15-16H,5-6H2,1H3,(H,11,13). The fraction of sp³-hybridized carbons (Fsp3) is 0.400. The first kappa shape index (κ1) is 10.8. The van der Waals surface area contributed by atoms with Crippen LogP contribution < -0.4 is 5.32 Å². The summed E-state index contributed by atoms with van der Waals surface area (Å²) in [6, 6.07) is 3.41. The van der Waals surface area contributed by atoms with Crippen molar-refractivity contribution in [1.82, 2.24) is 14.6 Å². The highest BCUT2D eigenvalue weighted by atomic mass is 16.3. The molecule has 0 radical (unpaired) electrons.